The van der Waals surface area contributed by atoms with Crippen LogP contribution >= 0.6 is 24.0 Å². The number of benzene rings is 2. The van der Waals surface area contributed by atoms with Gasteiger partial charge in [-0.25, -0.2) is 0 Å². The quantitative estimate of drug-likeness (QED) is 0.631. The molecular weight excluding hydrogens is 378 g/mol. The minimum Gasteiger partial charge on any atom is -0.378 e. The summed E-state index contributed by atoms with van der Waals surface area (Å²) in [6.07, 6.45) is 1.77. The van der Waals surface area contributed by atoms with Crippen LogP contribution in [-0.2, 0) is 4.79 Å². The van der Waals surface area contributed by atoms with E-state index in [2.05, 4.69) is 5.43 Å². The third-order valence-electron chi connectivity index (χ3n) is 4.03. The number of nitrogens with one attached hydrogen (secondary N) is 1. The molecule has 5 nitrogen and oxygen atoms in total. The zero-order valence-electron chi connectivity index (χ0n) is 15.2. The van der Waals surface area contributed by atoms with E-state index < -0.39 is 0 Å². The van der Waals surface area contributed by atoms with Crippen molar-refractivity contribution in [3.8, 4) is 0 Å². The molecule has 2 aromatic rings. The van der Waals surface area contributed by atoms with Crippen molar-refractivity contribution < 1.29 is 9.59 Å². The highest BCUT2D eigenvalue weighted by Crippen LogP contribution is 2.31. The first-order valence-corrected chi connectivity index (χ1v) is 9.50. The SMILES string of the molecule is Cc1ccc(C(=O)NN2C(=O)/C(=C/c3ccc(N(C)C)cc3)SC2=S)cc1. The Morgan fingerprint density at radius 1 is 1.11 bits per heavy atom. The molecule has 2 aromatic carbocycles. The number of hydrogen-bond donors (Lipinski definition) is 1. The summed E-state index contributed by atoms with van der Waals surface area (Å²) >= 11 is 6.43. The maximum absolute atomic E-state index is 12.6. The normalized spacial score (nSPS) is 15.4. The smallest absolute Gasteiger partial charge is 0.285 e. The number of hydrazine groups is 1. The predicted molar refractivity (Wildman–Crippen MR) is 114 cm³/mol. The molecule has 1 heterocycles. The Morgan fingerprint density at radius 2 is 1.74 bits per heavy atom. The summed E-state index contributed by atoms with van der Waals surface area (Å²) in [4.78, 5) is 27.5. The fourth-order valence-corrected chi connectivity index (χ4v) is 3.63. The highest BCUT2D eigenvalue weighted by atomic mass is 32.2. The Labute approximate surface area is 168 Å². The van der Waals surface area contributed by atoms with Gasteiger partial charge in [-0.05, 0) is 55.0 Å². The van der Waals surface area contributed by atoms with E-state index in [0.717, 1.165) is 21.8 Å². The fraction of sp³-hybridized carbons (Fsp3) is 0.150. The number of nitrogens with zero attached hydrogens (tertiary/aromatic N) is 2. The molecule has 27 heavy (non-hydrogen) atoms. The van der Waals surface area contributed by atoms with Crippen LogP contribution in [0.4, 0.5) is 5.69 Å². The monoisotopic (exact) mass is 397 g/mol. The molecule has 0 unspecified atom stereocenters. The number of carbonyl (C=O) groups excluding carboxylic acids is 2. The number of carbonyl (C=O) groups is 2. The van der Waals surface area contributed by atoms with Crippen LogP contribution in [0.25, 0.3) is 6.08 Å². The first kappa shape index (κ1) is 19.1. The minimum absolute atomic E-state index is 0.302. The molecule has 138 valence electrons. The van der Waals surface area contributed by atoms with Crippen molar-refractivity contribution in [1.29, 1.82) is 0 Å². The van der Waals surface area contributed by atoms with E-state index in [1.807, 2.05) is 62.3 Å². The molecule has 0 radical (unpaired) electrons. The number of aryl methyl sites for hydroxylation is 1. The molecule has 1 aliphatic heterocycles. The predicted octanol–water partition coefficient (Wildman–Crippen LogP) is 3.61. The first-order chi connectivity index (χ1) is 12.8. The maximum Gasteiger partial charge on any atom is 0.285 e. The summed E-state index contributed by atoms with van der Waals surface area (Å²) in [5.41, 5.74) is 6.08. The van der Waals surface area contributed by atoms with E-state index in [1.54, 1.807) is 18.2 Å². The van der Waals surface area contributed by atoms with E-state index >= 15 is 0 Å². The third-order valence-corrected chi connectivity index (χ3v) is 5.33. The lowest BCUT2D eigenvalue weighted by Crippen LogP contribution is -2.44. The Morgan fingerprint density at radius 3 is 2.33 bits per heavy atom. The van der Waals surface area contributed by atoms with Gasteiger partial charge in [0.15, 0.2) is 4.32 Å². The van der Waals surface area contributed by atoms with Gasteiger partial charge in [-0.2, -0.15) is 5.01 Å². The van der Waals surface area contributed by atoms with E-state index in [1.165, 1.54) is 11.8 Å². The lowest BCUT2D eigenvalue weighted by atomic mass is 10.1. The molecule has 1 saturated heterocycles. The number of anilines is 1. The zero-order chi connectivity index (χ0) is 19.6. The molecule has 0 saturated carbocycles. The molecule has 0 spiro atoms. The molecular formula is C20H19N3O2S2. The van der Waals surface area contributed by atoms with E-state index in [4.69, 9.17) is 12.2 Å². The van der Waals surface area contributed by atoms with Crippen LogP contribution < -0.4 is 10.3 Å². The molecule has 0 atom stereocenters. The summed E-state index contributed by atoms with van der Waals surface area (Å²) in [7, 11) is 3.94. The van der Waals surface area contributed by atoms with Gasteiger partial charge >= 0.3 is 0 Å². The number of thiocarbonyl (C=S) groups is 1. The fourth-order valence-electron chi connectivity index (χ4n) is 2.46. The van der Waals surface area contributed by atoms with Crippen molar-refractivity contribution >= 4 is 51.9 Å². The minimum atomic E-state index is -0.372. The molecule has 1 fully saturated rings. The van der Waals surface area contributed by atoms with Crippen LogP contribution in [0.1, 0.15) is 21.5 Å². The molecule has 2 amide bonds. The van der Waals surface area contributed by atoms with Crippen LogP contribution in [0.15, 0.2) is 53.4 Å². The average molecular weight is 398 g/mol. The number of amides is 2. The van der Waals surface area contributed by atoms with E-state index in [-0.39, 0.29) is 11.8 Å². The van der Waals surface area contributed by atoms with Gasteiger partial charge < -0.3 is 4.90 Å². The van der Waals surface area contributed by atoms with Crippen LogP contribution in [0.3, 0.4) is 0 Å². The standard InChI is InChI=1S/C20H19N3O2S2/c1-13-4-8-15(9-5-13)18(24)21-23-19(25)17(27-20(23)26)12-14-6-10-16(11-7-14)22(2)3/h4-12H,1-3H3,(H,21,24)/b17-12-. The summed E-state index contributed by atoms with van der Waals surface area (Å²) in [6, 6.07) is 14.9. The van der Waals surface area contributed by atoms with Crippen molar-refractivity contribution in [2.24, 2.45) is 0 Å². The van der Waals surface area contributed by atoms with Crippen LogP contribution in [0, 0.1) is 6.92 Å². The van der Waals surface area contributed by atoms with Crippen LogP contribution in [0.2, 0.25) is 0 Å². The van der Waals surface area contributed by atoms with Gasteiger partial charge in [0.2, 0.25) is 0 Å². The van der Waals surface area contributed by atoms with Crippen LogP contribution in [-0.4, -0.2) is 35.2 Å². The van der Waals surface area contributed by atoms with E-state index in [0.29, 0.717) is 14.8 Å². The summed E-state index contributed by atoms with van der Waals surface area (Å²) < 4.78 is 0.302. The van der Waals surface area contributed by atoms with Gasteiger partial charge in [-0.1, -0.05) is 41.6 Å². The van der Waals surface area contributed by atoms with Gasteiger partial charge in [0.1, 0.15) is 0 Å². The van der Waals surface area contributed by atoms with Crippen molar-refractivity contribution in [2.75, 3.05) is 19.0 Å². The summed E-state index contributed by atoms with van der Waals surface area (Å²) in [5.74, 6) is -0.704. The van der Waals surface area contributed by atoms with Crippen molar-refractivity contribution in [3.05, 3.63) is 70.1 Å². The summed E-state index contributed by atoms with van der Waals surface area (Å²) in [5, 5.41) is 1.13. The van der Waals surface area contributed by atoms with Gasteiger partial charge in [0, 0.05) is 25.3 Å². The molecule has 1 N–H and O–H groups in total. The van der Waals surface area contributed by atoms with E-state index in [9.17, 15) is 9.59 Å². The molecule has 0 aromatic heterocycles. The number of thioether (sulfide) groups is 1. The van der Waals surface area contributed by atoms with Crippen LogP contribution in [0.5, 0.6) is 0 Å². The molecule has 0 bridgehead atoms. The molecule has 7 heteroatoms. The highest BCUT2D eigenvalue weighted by Gasteiger charge is 2.33. The van der Waals surface area contributed by atoms with Crippen molar-refractivity contribution in [1.82, 2.24) is 10.4 Å². The van der Waals surface area contributed by atoms with Gasteiger partial charge in [-0.15, -0.1) is 0 Å². The molecule has 0 aliphatic carbocycles. The first-order valence-electron chi connectivity index (χ1n) is 8.28. The molecule has 1 aliphatic rings. The maximum atomic E-state index is 12.6. The highest BCUT2D eigenvalue weighted by molar-refractivity contribution is 8.26. The average Bonchev–Trinajstić information content (AvgIpc) is 2.90. The number of hydrogen-bond acceptors (Lipinski definition) is 5. The lowest BCUT2D eigenvalue weighted by Gasteiger charge is -2.15. The van der Waals surface area contributed by atoms with Gasteiger partial charge in [-0.3, -0.25) is 15.0 Å². The Hall–Kier alpha value is -2.64. The topological polar surface area (TPSA) is 52.7 Å². The van der Waals surface area contributed by atoms with Gasteiger partial charge in [0.05, 0.1) is 4.91 Å². The second-order valence-corrected chi connectivity index (χ2v) is 7.99. The molecule has 3 rings (SSSR count). The second kappa shape index (κ2) is 7.94. The van der Waals surface area contributed by atoms with Gasteiger partial charge in [0.25, 0.3) is 11.8 Å². The number of rotatable bonds is 4. The largest absolute Gasteiger partial charge is 0.378 e. The second-order valence-electron chi connectivity index (χ2n) is 6.31. The zero-order valence-corrected chi connectivity index (χ0v) is 16.9. The Balaban J connectivity index is 1.74. The lowest BCUT2D eigenvalue weighted by molar-refractivity contribution is -0.123. The summed E-state index contributed by atoms with van der Waals surface area (Å²) in [6.45, 7) is 1.94. The Kier molecular flexibility index (Phi) is 5.62. The van der Waals surface area contributed by atoms with Crippen molar-refractivity contribution in [3.63, 3.8) is 0 Å². The Bertz CT molecular complexity index is 919. The van der Waals surface area contributed by atoms with Crippen molar-refractivity contribution in [2.45, 2.75) is 6.92 Å². The third kappa shape index (κ3) is 4.37.